The first kappa shape index (κ1) is 19.8. The van der Waals surface area contributed by atoms with Gasteiger partial charge in [-0.15, -0.1) is 0 Å². The number of guanidine groups is 1. The van der Waals surface area contributed by atoms with Gasteiger partial charge in [0.1, 0.15) is 5.75 Å². The zero-order valence-electron chi connectivity index (χ0n) is 14.9. The lowest BCUT2D eigenvalue weighted by Gasteiger charge is -2.12. The Bertz CT molecular complexity index is 547. The van der Waals surface area contributed by atoms with Crippen molar-refractivity contribution in [1.29, 1.82) is 0 Å². The van der Waals surface area contributed by atoms with E-state index in [1.807, 2.05) is 32.0 Å². The summed E-state index contributed by atoms with van der Waals surface area (Å²) in [6, 6.07) is 5.62. The Morgan fingerprint density at radius 1 is 1.25 bits per heavy atom. The molecule has 7 heteroatoms. The van der Waals surface area contributed by atoms with E-state index in [0.29, 0.717) is 37.7 Å². The van der Waals surface area contributed by atoms with Crippen LogP contribution in [0, 0.1) is 0 Å². The average Bonchev–Trinajstić information content (AvgIpc) is 2.56. The summed E-state index contributed by atoms with van der Waals surface area (Å²) in [5, 5.41) is 9.17. The van der Waals surface area contributed by atoms with Crippen molar-refractivity contribution in [3.63, 3.8) is 0 Å². The number of anilines is 1. The van der Waals surface area contributed by atoms with E-state index in [4.69, 9.17) is 9.47 Å². The largest absolute Gasteiger partial charge is 0.495 e. The minimum Gasteiger partial charge on any atom is -0.495 e. The number of carbonyl (C=O) groups excluding carboxylic acids is 1. The molecule has 0 aliphatic rings. The highest BCUT2D eigenvalue weighted by atomic mass is 16.5. The minimum absolute atomic E-state index is 0.139. The topological polar surface area (TPSA) is 84.0 Å². The zero-order valence-corrected chi connectivity index (χ0v) is 14.9. The number of carbonyl (C=O) groups is 1. The molecule has 0 saturated heterocycles. The van der Waals surface area contributed by atoms with Gasteiger partial charge in [-0.05, 0) is 31.5 Å². The first-order chi connectivity index (χ1) is 11.6. The fraction of sp³-hybridized carbons (Fsp3) is 0.529. The van der Waals surface area contributed by atoms with E-state index >= 15 is 0 Å². The Hall–Kier alpha value is -2.28. The number of aliphatic imine (C=N–C) groups is 1. The smallest absolute Gasteiger partial charge is 0.221 e. The molecule has 0 heterocycles. The summed E-state index contributed by atoms with van der Waals surface area (Å²) < 4.78 is 10.6. The molecule has 0 bridgehead atoms. The van der Waals surface area contributed by atoms with Crippen molar-refractivity contribution >= 4 is 17.6 Å². The SMILES string of the molecule is CCNC(=NCc1ccc(OC)c(NC(C)=O)c1)NCCOCC. The Morgan fingerprint density at radius 3 is 2.67 bits per heavy atom. The Labute approximate surface area is 143 Å². The first-order valence-corrected chi connectivity index (χ1v) is 8.15. The highest BCUT2D eigenvalue weighted by molar-refractivity contribution is 5.90. The number of hydrogen-bond acceptors (Lipinski definition) is 4. The third kappa shape index (κ3) is 7.32. The van der Waals surface area contributed by atoms with E-state index in [-0.39, 0.29) is 5.91 Å². The number of nitrogens with zero attached hydrogens (tertiary/aromatic N) is 1. The lowest BCUT2D eigenvalue weighted by Crippen LogP contribution is -2.39. The predicted molar refractivity (Wildman–Crippen MR) is 96.6 cm³/mol. The molecule has 1 rings (SSSR count). The van der Waals surface area contributed by atoms with Crippen molar-refractivity contribution in [1.82, 2.24) is 10.6 Å². The average molecular weight is 336 g/mol. The number of methoxy groups -OCH3 is 1. The Morgan fingerprint density at radius 2 is 2.04 bits per heavy atom. The standard InChI is InChI=1S/C17H28N4O3/c1-5-18-17(19-9-10-24-6-2)20-12-14-7-8-16(23-4)15(11-14)21-13(3)22/h7-8,11H,5-6,9-10,12H2,1-4H3,(H,21,22)(H2,18,19,20). The van der Waals surface area contributed by atoms with Gasteiger partial charge in [-0.25, -0.2) is 4.99 Å². The molecule has 0 unspecified atom stereocenters. The number of amides is 1. The second kappa shape index (κ2) is 11.3. The van der Waals surface area contributed by atoms with Crippen LogP contribution in [-0.2, 0) is 16.1 Å². The monoisotopic (exact) mass is 336 g/mol. The van der Waals surface area contributed by atoms with Gasteiger partial charge in [-0.2, -0.15) is 0 Å². The van der Waals surface area contributed by atoms with Crippen LogP contribution in [0.4, 0.5) is 5.69 Å². The number of hydrogen-bond donors (Lipinski definition) is 3. The minimum atomic E-state index is -0.139. The quantitative estimate of drug-likeness (QED) is 0.363. The van der Waals surface area contributed by atoms with E-state index in [0.717, 1.165) is 18.1 Å². The fourth-order valence-electron chi connectivity index (χ4n) is 2.04. The third-order valence-electron chi connectivity index (χ3n) is 3.08. The maximum absolute atomic E-state index is 11.3. The zero-order chi connectivity index (χ0) is 17.8. The van der Waals surface area contributed by atoms with Gasteiger partial charge in [0.25, 0.3) is 0 Å². The number of nitrogens with one attached hydrogen (secondary N) is 3. The summed E-state index contributed by atoms with van der Waals surface area (Å²) in [6.45, 7) is 8.75. The molecule has 0 atom stereocenters. The van der Waals surface area contributed by atoms with Crippen LogP contribution < -0.4 is 20.7 Å². The maximum atomic E-state index is 11.3. The van der Waals surface area contributed by atoms with Crippen molar-refractivity contribution in [2.75, 3.05) is 38.7 Å². The van der Waals surface area contributed by atoms with Crippen LogP contribution in [-0.4, -0.2) is 45.3 Å². The van der Waals surface area contributed by atoms with Gasteiger partial charge in [-0.3, -0.25) is 4.79 Å². The van der Waals surface area contributed by atoms with Crippen molar-refractivity contribution in [2.24, 2.45) is 4.99 Å². The van der Waals surface area contributed by atoms with Crippen LogP contribution >= 0.6 is 0 Å². The van der Waals surface area contributed by atoms with Gasteiger partial charge in [0.15, 0.2) is 5.96 Å². The fourth-order valence-corrected chi connectivity index (χ4v) is 2.04. The molecule has 1 amide bonds. The molecule has 24 heavy (non-hydrogen) atoms. The van der Waals surface area contributed by atoms with Crippen molar-refractivity contribution < 1.29 is 14.3 Å². The van der Waals surface area contributed by atoms with Crippen LogP contribution in [0.3, 0.4) is 0 Å². The molecule has 0 aliphatic carbocycles. The second-order valence-corrected chi connectivity index (χ2v) is 5.03. The first-order valence-electron chi connectivity index (χ1n) is 8.15. The lowest BCUT2D eigenvalue weighted by molar-refractivity contribution is -0.114. The molecule has 0 aliphatic heterocycles. The lowest BCUT2D eigenvalue weighted by atomic mass is 10.2. The van der Waals surface area contributed by atoms with Crippen LogP contribution in [0.15, 0.2) is 23.2 Å². The molecular weight excluding hydrogens is 308 g/mol. The third-order valence-corrected chi connectivity index (χ3v) is 3.08. The normalized spacial score (nSPS) is 11.1. The van der Waals surface area contributed by atoms with Gasteiger partial charge in [0.05, 0.1) is 25.9 Å². The molecule has 0 aromatic heterocycles. The van der Waals surface area contributed by atoms with Crippen LogP contribution in [0.1, 0.15) is 26.3 Å². The molecule has 0 fully saturated rings. The van der Waals surface area contributed by atoms with Crippen LogP contribution in [0.25, 0.3) is 0 Å². The second-order valence-electron chi connectivity index (χ2n) is 5.03. The molecule has 0 saturated carbocycles. The summed E-state index contributed by atoms with van der Waals surface area (Å²) in [6.07, 6.45) is 0. The molecule has 1 aromatic carbocycles. The van der Waals surface area contributed by atoms with Crippen LogP contribution in [0.2, 0.25) is 0 Å². The summed E-state index contributed by atoms with van der Waals surface area (Å²) in [4.78, 5) is 15.8. The summed E-state index contributed by atoms with van der Waals surface area (Å²) in [5.74, 6) is 1.22. The molecular formula is C17H28N4O3. The van der Waals surface area contributed by atoms with Gasteiger partial charge in [0, 0.05) is 26.6 Å². The van der Waals surface area contributed by atoms with Crippen molar-refractivity contribution in [2.45, 2.75) is 27.3 Å². The molecule has 0 spiro atoms. The molecule has 7 nitrogen and oxygen atoms in total. The number of rotatable bonds is 9. The number of benzene rings is 1. The predicted octanol–water partition coefficient (Wildman–Crippen LogP) is 1.75. The van der Waals surface area contributed by atoms with E-state index in [1.165, 1.54) is 6.92 Å². The Kier molecular flexibility index (Phi) is 9.29. The van der Waals surface area contributed by atoms with Gasteiger partial charge in [0.2, 0.25) is 5.91 Å². The van der Waals surface area contributed by atoms with E-state index < -0.39 is 0 Å². The summed E-state index contributed by atoms with van der Waals surface area (Å²) >= 11 is 0. The molecule has 1 aromatic rings. The maximum Gasteiger partial charge on any atom is 0.221 e. The molecule has 3 N–H and O–H groups in total. The summed E-state index contributed by atoms with van der Waals surface area (Å²) in [5.41, 5.74) is 1.62. The van der Waals surface area contributed by atoms with Crippen molar-refractivity contribution in [3.05, 3.63) is 23.8 Å². The Balaban J connectivity index is 2.75. The van der Waals surface area contributed by atoms with E-state index in [2.05, 4.69) is 20.9 Å². The summed E-state index contributed by atoms with van der Waals surface area (Å²) in [7, 11) is 1.57. The molecule has 134 valence electrons. The van der Waals surface area contributed by atoms with Gasteiger partial charge >= 0.3 is 0 Å². The highest BCUT2D eigenvalue weighted by Gasteiger charge is 2.06. The van der Waals surface area contributed by atoms with Crippen LogP contribution in [0.5, 0.6) is 5.75 Å². The number of ether oxygens (including phenoxy) is 2. The van der Waals surface area contributed by atoms with Crippen molar-refractivity contribution in [3.8, 4) is 5.75 Å². The van der Waals surface area contributed by atoms with E-state index in [1.54, 1.807) is 7.11 Å². The van der Waals surface area contributed by atoms with Gasteiger partial charge < -0.3 is 25.4 Å². The molecule has 0 radical (unpaired) electrons. The van der Waals surface area contributed by atoms with E-state index in [9.17, 15) is 4.79 Å². The highest BCUT2D eigenvalue weighted by Crippen LogP contribution is 2.25. The van der Waals surface area contributed by atoms with Gasteiger partial charge in [-0.1, -0.05) is 6.07 Å².